The van der Waals surface area contributed by atoms with Gasteiger partial charge in [0.15, 0.2) is 5.69 Å². The molecule has 246 valence electrons. The number of anilines is 1. The first kappa shape index (κ1) is 32.2. The van der Waals surface area contributed by atoms with E-state index >= 15 is 0 Å². The van der Waals surface area contributed by atoms with Crippen molar-refractivity contribution in [2.75, 3.05) is 18.0 Å². The van der Waals surface area contributed by atoms with Gasteiger partial charge in [0.25, 0.3) is 17.7 Å². The molecule has 0 radical (unpaired) electrons. The molecule has 3 atom stereocenters. The van der Waals surface area contributed by atoms with Gasteiger partial charge in [-0.25, -0.2) is 9.07 Å². The maximum absolute atomic E-state index is 14.4. The standard InChI is InChI=1S/C34H28F4N6O4/c1-2-42-31-27(29(33(48)43-15-5-9-24(43)18-39)41-44(31)23-8-4-10-25(45)17-23)26(19-11-13-22(35)14-12-19)28(32(42)47)40-30(46)20-6-3-7-21(16-20)34(36,37)38/h3-4,6-8,10-14,16-17,24,26,28,45H,2,5,9,15H2,1H3,(H,40,46)/t24-,26+,28+/m1/s1. The van der Waals surface area contributed by atoms with E-state index in [1.165, 1.54) is 44.8 Å². The number of hydrogen-bond acceptors (Lipinski definition) is 6. The van der Waals surface area contributed by atoms with Crippen molar-refractivity contribution in [2.45, 2.75) is 43.9 Å². The number of halogens is 4. The third kappa shape index (κ3) is 5.72. The first-order valence-corrected chi connectivity index (χ1v) is 15.1. The molecule has 1 saturated heterocycles. The second-order valence-corrected chi connectivity index (χ2v) is 11.4. The van der Waals surface area contributed by atoms with Gasteiger partial charge in [0.05, 0.1) is 17.3 Å². The summed E-state index contributed by atoms with van der Waals surface area (Å²) in [5, 5.41) is 27.3. The predicted molar refractivity (Wildman–Crippen MR) is 164 cm³/mol. The van der Waals surface area contributed by atoms with Crippen LogP contribution in [0.1, 0.15) is 63.2 Å². The Kier molecular flexibility index (Phi) is 8.38. The van der Waals surface area contributed by atoms with Gasteiger partial charge in [-0.1, -0.05) is 24.3 Å². The molecule has 3 aromatic carbocycles. The van der Waals surface area contributed by atoms with Gasteiger partial charge in [0, 0.05) is 36.2 Å². The number of alkyl halides is 3. The second kappa shape index (κ2) is 12.5. The minimum Gasteiger partial charge on any atom is -0.508 e. The van der Waals surface area contributed by atoms with E-state index in [4.69, 9.17) is 0 Å². The van der Waals surface area contributed by atoms with Crippen LogP contribution in [-0.4, -0.2) is 62.7 Å². The zero-order valence-electron chi connectivity index (χ0n) is 25.4. The number of benzene rings is 3. The van der Waals surface area contributed by atoms with Crippen molar-refractivity contribution in [3.05, 3.63) is 107 Å². The van der Waals surface area contributed by atoms with Crippen LogP contribution in [0.25, 0.3) is 5.69 Å². The smallest absolute Gasteiger partial charge is 0.416 e. The quantitative estimate of drug-likeness (QED) is 0.275. The Morgan fingerprint density at radius 3 is 2.48 bits per heavy atom. The molecule has 0 saturated carbocycles. The van der Waals surface area contributed by atoms with Crippen LogP contribution in [0.5, 0.6) is 5.75 Å². The molecule has 2 N–H and O–H groups in total. The summed E-state index contributed by atoms with van der Waals surface area (Å²) in [6.45, 7) is 1.93. The number of carbonyl (C=O) groups excluding carboxylic acids is 3. The van der Waals surface area contributed by atoms with E-state index in [1.807, 2.05) is 0 Å². The molecule has 14 heteroatoms. The zero-order valence-corrected chi connectivity index (χ0v) is 25.4. The number of phenols is 1. The van der Waals surface area contributed by atoms with Crippen molar-refractivity contribution in [1.82, 2.24) is 20.0 Å². The topological polar surface area (TPSA) is 132 Å². The van der Waals surface area contributed by atoms with Crippen LogP contribution in [0.4, 0.5) is 23.4 Å². The Balaban J connectivity index is 1.58. The summed E-state index contributed by atoms with van der Waals surface area (Å²) in [5.41, 5.74) is -0.790. The van der Waals surface area contributed by atoms with E-state index < -0.39 is 53.3 Å². The van der Waals surface area contributed by atoms with E-state index in [0.717, 1.165) is 24.3 Å². The third-order valence-electron chi connectivity index (χ3n) is 8.55. The number of rotatable bonds is 6. The second-order valence-electron chi connectivity index (χ2n) is 11.4. The molecule has 1 fully saturated rings. The van der Waals surface area contributed by atoms with Gasteiger partial charge < -0.3 is 15.3 Å². The van der Waals surface area contributed by atoms with Crippen molar-refractivity contribution in [1.29, 1.82) is 5.26 Å². The number of likely N-dealkylation sites (N-methyl/N-ethyl adjacent to an activating group) is 1. The van der Waals surface area contributed by atoms with Crippen molar-refractivity contribution in [2.24, 2.45) is 0 Å². The summed E-state index contributed by atoms with van der Waals surface area (Å²) in [5.74, 6) is -4.03. The fourth-order valence-electron chi connectivity index (χ4n) is 6.33. The molecule has 4 aromatic rings. The van der Waals surface area contributed by atoms with E-state index in [9.17, 15) is 42.3 Å². The number of hydrogen-bond donors (Lipinski definition) is 2. The first-order valence-electron chi connectivity index (χ1n) is 15.1. The molecule has 2 aliphatic rings. The molecule has 48 heavy (non-hydrogen) atoms. The Morgan fingerprint density at radius 2 is 1.81 bits per heavy atom. The maximum Gasteiger partial charge on any atom is 0.416 e. The lowest BCUT2D eigenvalue weighted by atomic mass is 9.80. The van der Waals surface area contributed by atoms with Gasteiger partial charge in [0.2, 0.25) is 0 Å². The molecule has 1 aromatic heterocycles. The van der Waals surface area contributed by atoms with E-state index in [-0.39, 0.29) is 41.5 Å². The summed E-state index contributed by atoms with van der Waals surface area (Å²) in [6, 6.07) is 14.6. The molecule has 3 amide bonds. The van der Waals surface area contributed by atoms with Gasteiger partial charge in [-0.2, -0.15) is 23.5 Å². The average Bonchev–Trinajstić information content (AvgIpc) is 3.71. The Labute approximate surface area is 271 Å². The molecule has 6 rings (SSSR count). The number of nitriles is 1. The molecule has 0 bridgehead atoms. The highest BCUT2D eigenvalue weighted by Gasteiger charge is 2.48. The van der Waals surface area contributed by atoms with Crippen LogP contribution < -0.4 is 10.2 Å². The highest BCUT2D eigenvalue weighted by molar-refractivity contribution is 6.07. The molecule has 2 aliphatic heterocycles. The number of nitrogens with one attached hydrogen (secondary N) is 1. The monoisotopic (exact) mass is 660 g/mol. The number of carbonyl (C=O) groups is 3. The normalized spacial score (nSPS) is 19.2. The predicted octanol–water partition coefficient (Wildman–Crippen LogP) is 5.16. The summed E-state index contributed by atoms with van der Waals surface area (Å²) < 4.78 is 56.0. The van der Waals surface area contributed by atoms with Crippen LogP contribution in [0.15, 0.2) is 72.8 Å². The molecule has 10 nitrogen and oxygen atoms in total. The van der Waals surface area contributed by atoms with Crippen LogP contribution in [-0.2, 0) is 11.0 Å². The van der Waals surface area contributed by atoms with Crippen LogP contribution in [0.3, 0.4) is 0 Å². The van der Waals surface area contributed by atoms with Gasteiger partial charge >= 0.3 is 6.18 Å². The summed E-state index contributed by atoms with van der Waals surface area (Å²) in [4.78, 5) is 44.9. The van der Waals surface area contributed by atoms with Gasteiger partial charge in [0.1, 0.15) is 29.5 Å². The Bertz CT molecular complexity index is 1950. The molecule has 0 unspecified atom stereocenters. The van der Waals surface area contributed by atoms with Gasteiger partial charge in [-0.05, 0) is 67.8 Å². The van der Waals surface area contributed by atoms with E-state index in [1.54, 1.807) is 19.1 Å². The summed E-state index contributed by atoms with van der Waals surface area (Å²) >= 11 is 0. The highest BCUT2D eigenvalue weighted by atomic mass is 19.4. The number of phenolic OH excluding ortho intramolecular Hbond substituents is 1. The highest BCUT2D eigenvalue weighted by Crippen LogP contribution is 2.44. The number of aromatic hydroxyl groups is 1. The van der Waals surface area contributed by atoms with Crippen LogP contribution in [0, 0.1) is 17.1 Å². The summed E-state index contributed by atoms with van der Waals surface area (Å²) in [6.07, 6.45) is -3.72. The largest absolute Gasteiger partial charge is 0.508 e. The Morgan fingerprint density at radius 1 is 1.08 bits per heavy atom. The molecule has 0 aliphatic carbocycles. The fraction of sp³-hybridized carbons (Fsp3) is 0.265. The van der Waals surface area contributed by atoms with E-state index in [2.05, 4.69) is 16.5 Å². The third-order valence-corrected chi connectivity index (χ3v) is 8.55. The molecule has 3 heterocycles. The minimum atomic E-state index is -4.73. The SMILES string of the molecule is CCN1C(=O)[C@@H](NC(=O)c2cccc(C(F)(F)F)c2)[C@@H](c2ccc(F)cc2)c2c(C(=O)N3CCC[C@@H]3C#N)nn(-c3cccc(O)c3)c21. The number of nitrogens with zero attached hydrogens (tertiary/aromatic N) is 5. The van der Waals surface area contributed by atoms with Crippen LogP contribution >= 0.6 is 0 Å². The Hall–Kier alpha value is -5.71. The van der Waals surface area contributed by atoms with Gasteiger partial charge in [-0.15, -0.1) is 0 Å². The van der Waals surface area contributed by atoms with Crippen molar-refractivity contribution >= 4 is 23.5 Å². The lowest BCUT2D eigenvalue weighted by molar-refractivity contribution is -0.137. The molecular weight excluding hydrogens is 632 g/mol. The number of fused-ring (bicyclic) bond motifs is 1. The van der Waals surface area contributed by atoms with E-state index in [0.29, 0.717) is 30.2 Å². The molecular formula is C34H28F4N6O4. The average molecular weight is 661 g/mol. The van der Waals surface area contributed by atoms with Crippen molar-refractivity contribution < 1.29 is 37.1 Å². The maximum atomic E-state index is 14.4. The lowest BCUT2D eigenvalue weighted by Gasteiger charge is -2.38. The molecule has 0 spiro atoms. The fourth-order valence-corrected chi connectivity index (χ4v) is 6.33. The number of amides is 3. The number of aromatic nitrogens is 2. The van der Waals surface area contributed by atoms with Crippen molar-refractivity contribution in [3.63, 3.8) is 0 Å². The zero-order chi connectivity index (χ0) is 34.3. The number of likely N-dealkylation sites (tertiary alicyclic amines) is 1. The minimum absolute atomic E-state index is 0.0145. The lowest BCUT2D eigenvalue weighted by Crippen LogP contribution is -2.55. The van der Waals surface area contributed by atoms with Crippen molar-refractivity contribution in [3.8, 4) is 17.5 Å². The van der Waals surface area contributed by atoms with Gasteiger partial charge in [-0.3, -0.25) is 19.3 Å². The summed E-state index contributed by atoms with van der Waals surface area (Å²) in [7, 11) is 0. The first-order chi connectivity index (χ1) is 22.9. The van der Waals surface area contributed by atoms with Crippen LogP contribution in [0.2, 0.25) is 0 Å².